The maximum absolute atomic E-state index is 12.3. The smallest absolute Gasteiger partial charge is 0.410 e. The fourth-order valence-electron chi connectivity index (χ4n) is 2.93. The molecule has 2 aromatic rings. The first kappa shape index (κ1) is 16.5. The molecule has 7 nitrogen and oxygen atoms in total. The van der Waals surface area contributed by atoms with Crippen LogP contribution in [0.4, 0.5) is 10.7 Å². The van der Waals surface area contributed by atoms with Crippen LogP contribution in [0.5, 0.6) is 0 Å². The van der Waals surface area contributed by atoms with Crippen LogP contribution in [0.15, 0.2) is 18.3 Å². The van der Waals surface area contributed by atoms with Crippen LogP contribution in [0, 0.1) is 0 Å². The Morgan fingerprint density at radius 2 is 2.25 bits per heavy atom. The van der Waals surface area contributed by atoms with Crippen molar-refractivity contribution in [3.05, 3.63) is 18.3 Å². The molecular weight excluding hydrogens is 306 g/mol. The molecule has 130 valence electrons. The Bertz CT molecular complexity index is 688. The first-order chi connectivity index (χ1) is 11.3. The Morgan fingerprint density at radius 3 is 2.96 bits per heavy atom. The third-order valence-electron chi connectivity index (χ3n) is 4.17. The highest BCUT2D eigenvalue weighted by atomic mass is 16.6. The molecular formula is C17H25N5O2. The van der Waals surface area contributed by atoms with Crippen LogP contribution in [0.3, 0.4) is 0 Å². The number of hydrogen-bond acceptors (Lipinski definition) is 5. The van der Waals surface area contributed by atoms with E-state index in [1.165, 1.54) is 0 Å². The molecule has 3 rings (SSSR count). The lowest BCUT2D eigenvalue weighted by Gasteiger charge is -2.37. The summed E-state index contributed by atoms with van der Waals surface area (Å²) in [6.45, 7) is 7.29. The zero-order valence-electron chi connectivity index (χ0n) is 14.7. The molecule has 1 unspecified atom stereocenters. The molecule has 1 amide bonds. The van der Waals surface area contributed by atoms with Crippen molar-refractivity contribution in [1.29, 1.82) is 0 Å². The number of fused-ring (bicyclic) bond motifs is 1. The van der Waals surface area contributed by atoms with Gasteiger partial charge in [-0.15, -0.1) is 0 Å². The average molecular weight is 331 g/mol. The fourth-order valence-corrected chi connectivity index (χ4v) is 2.93. The lowest BCUT2D eigenvalue weighted by Crippen LogP contribution is -2.50. The van der Waals surface area contributed by atoms with Gasteiger partial charge in [0.1, 0.15) is 5.60 Å². The van der Waals surface area contributed by atoms with Crippen molar-refractivity contribution in [3.63, 3.8) is 0 Å². The van der Waals surface area contributed by atoms with Gasteiger partial charge in [-0.3, -0.25) is 0 Å². The molecule has 2 aromatic heterocycles. The summed E-state index contributed by atoms with van der Waals surface area (Å²) in [5, 5.41) is 0. The van der Waals surface area contributed by atoms with Crippen molar-refractivity contribution in [2.75, 3.05) is 25.0 Å². The maximum atomic E-state index is 12.3. The molecule has 3 heterocycles. The van der Waals surface area contributed by atoms with E-state index in [1.807, 2.05) is 40.0 Å². The number of carbonyl (C=O) groups is 1. The molecule has 1 fully saturated rings. The monoisotopic (exact) mass is 331 g/mol. The lowest BCUT2D eigenvalue weighted by atomic mass is 10.1. The van der Waals surface area contributed by atoms with Gasteiger partial charge in [-0.1, -0.05) is 0 Å². The lowest BCUT2D eigenvalue weighted by molar-refractivity contribution is 0.0209. The van der Waals surface area contributed by atoms with Gasteiger partial charge < -0.3 is 19.5 Å². The quantitative estimate of drug-likeness (QED) is 0.916. The first-order valence-electron chi connectivity index (χ1n) is 8.35. The minimum atomic E-state index is -0.482. The number of imidazole rings is 1. The van der Waals surface area contributed by atoms with Crippen molar-refractivity contribution >= 4 is 23.2 Å². The molecule has 0 aliphatic carbocycles. The predicted molar refractivity (Wildman–Crippen MR) is 93.1 cm³/mol. The number of aromatic amines is 1. The number of hydrogen-bond donors (Lipinski definition) is 1. The number of aromatic nitrogens is 3. The van der Waals surface area contributed by atoms with Crippen LogP contribution in [0.25, 0.3) is 11.2 Å². The summed E-state index contributed by atoms with van der Waals surface area (Å²) in [6, 6.07) is 3.96. The second-order valence-electron chi connectivity index (χ2n) is 7.27. The number of rotatable bonds is 2. The number of ether oxygens (including phenoxy) is 1. The minimum absolute atomic E-state index is 0.106. The Hall–Kier alpha value is -2.31. The topological polar surface area (TPSA) is 74.3 Å². The number of piperidine rings is 1. The SMILES string of the molecule is CN(C(=O)OC(C)(C)C)C1CCCN(c2nc3ncccc3[nH]2)C1. The van der Waals surface area contributed by atoms with Gasteiger partial charge in [0.25, 0.3) is 0 Å². The van der Waals surface area contributed by atoms with Crippen LogP contribution in [0.2, 0.25) is 0 Å². The molecule has 0 radical (unpaired) electrons. The van der Waals surface area contributed by atoms with Gasteiger partial charge in [0.15, 0.2) is 5.65 Å². The maximum Gasteiger partial charge on any atom is 0.410 e. The summed E-state index contributed by atoms with van der Waals surface area (Å²) < 4.78 is 5.48. The molecule has 0 aromatic carbocycles. The number of nitrogens with one attached hydrogen (secondary N) is 1. The van der Waals surface area contributed by atoms with Crippen molar-refractivity contribution in [2.45, 2.75) is 45.3 Å². The summed E-state index contributed by atoms with van der Waals surface area (Å²) in [6.07, 6.45) is 3.43. The number of carbonyl (C=O) groups excluding carboxylic acids is 1. The van der Waals surface area contributed by atoms with Gasteiger partial charge in [0, 0.05) is 26.3 Å². The Labute approximate surface area is 142 Å². The van der Waals surface area contributed by atoms with Crippen LogP contribution >= 0.6 is 0 Å². The van der Waals surface area contributed by atoms with Crippen molar-refractivity contribution in [3.8, 4) is 0 Å². The summed E-state index contributed by atoms with van der Waals surface area (Å²) in [4.78, 5) is 28.3. The third kappa shape index (κ3) is 3.60. The summed E-state index contributed by atoms with van der Waals surface area (Å²) in [7, 11) is 1.81. The molecule has 1 N–H and O–H groups in total. The van der Waals surface area contributed by atoms with E-state index in [0.29, 0.717) is 0 Å². The van der Waals surface area contributed by atoms with E-state index in [9.17, 15) is 4.79 Å². The standard InChI is InChI=1S/C17H25N5O2/c1-17(2,3)24-16(23)21(4)12-7-6-10-22(11-12)15-19-13-8-5-9-18-14(13)20-15/h5,8-9,12H,6-7,10-11H2,1-4H3,(H,18,19,20). The predicted octanol–water partition coefficient (Wildman–Crippen LogP) is 2.79. The molecule has 1 aliphatic heterocycles. The van der Waals surface area contributed by atoms with E-state index >= 15 is 0 Å². The third-order valence-corrected chi connectivity index (χ3v) is 4.17. The van der Waals surface area contributed by atoms with Gasteiger partial charge in [0.05, 0.1) is 11.6 Å². The second-order valence-corrected chi connectivity index (χ2v) is 7.27. The fraction of sp³-hybridized carbons (Fsp3) is 0.588. The average Bonchev–Trinajstić information content (AvgIpc) is 2.96. The number of H-pyrrole nitrogens is 1. The zero-order chi connectivity index (χ0) is 17.3. The van der Waals surface area contributed by atoms with Gasteiger partial charge >= 0.3 is 6.09 Å². The largest absolute Gasteiger partial charge is 0.444 e. The van der Waals surface area contributed by atoms with Crippen LogP contribution in [-0.2, 0) is 4.74 Å². The van der Waals surface area contributed by atoms with Gasteiger partial charge in [-0.2, -0.15) is 4.98 Å². The van der Waals surface area contributed by atoms with Gasteiger partial charge in [0.2, 0.25) is 5.95 Å². The number of pyridine rings is 1. The number of anilines is 1. The number of likely N-dealkylation sites (N-methyl/N-ethyl adjacent to an activating group) is 1. The van der Waals surface area contributed by atoms with E-state index in [4.69, 9.17) is 4.74 Å². The van der Waals surface area contributed by atoms with Gasteiger partial charge in [-0.05, 0) is 45.7 Å². The summed E-state index contributed by atoms with van der Waals surface area (Å²) >= 11 is 0. The number of nitrogens with zero attached hydrogens (tertiary/aromatic N) is 4. The van der Waals surface area contributed by atoms with E-state index in [-0.39, 0.29) is 12.1 Å². The van der Waals surface area contributed by atoms with Crippen LogP contribution in [0.1, 0.15) is 33.6 Å². The highest BCUT2D eigenvalue weighted by Gasteiger charge is 2.30. The number of amides is 1. The molecule has 24 heavy (non-hydrogen) atoms. The highest BCUT2D eigenvalue weighted by molar-refractivity contribution is 5.73. The van der Waals surface area contributed by atoms with Crippen LogP contribution < -0.4 is 4.90 Å². The molecule has 1 saturated heterocycles. The second kappa shape index (κ2) is 6.30. The van der Waals surface area contributed by atoms with Crippen molar-refractivity contribution < 1.29 is 9.53 Å². The van der Waals surface area contributed by atoms with E-state index in [1.54, 1.807) is 11.1 Å². The van der Waals surface area contributed by atoms with E-state index in [2.05, 4.69) is 19.9 Å². The highest BCUT2D eigenvalue weighted by Crippen LogP contribution is 2.22. The Morgan fingerprint density at radius 1 is 1.46 bits per heavy atom. The van der Waals surface area contributed by atoms with Crippen LogP contribution in [-0.4, -0.2) is 57.7 Å². The van der Waals surface area contributed by atoms with Crippen molar-refractivity contribution in [1.82, 2.24) is 19.9 Å². The zero-order valence-corrected chi connectivity index (χ0v) is 14.7. The van der Waals surface area contributed by atoms with Gasteiger partial charge in [-0.25, -0.2) is 9.78 Å². The summed E-state index contributed by atoms with van der Waals surface area (Å²) in [5.41, 5.74) is 1.16. The van der Waals surface area contributed by atoms with Crippen molar-refractivity contribution in [2.24, 2.45) is 0 Å². The molecule has 1 aliphatic rings. The summed E-state index contributed by atoms with van der Waals surface area (Å²) in [5.74, 6) is 0.811. The molecule has 0 bridgehead atoms. The first-order valence-corrected chi connectivity index (χ1v) is 8.35. The van der Waals surface area contributed by atoms with E-state index in [0.717, 1.165) is 43.0 Å². The molecule has 0 saturated carbocycles. The minimum Gasteiger partial charge on any atom is -0.444 e. The molecule has 1 atom stereocenters. The normalized spacial score (nSPS) is 18.7. The molecule has 0 spiro atoms. The van der Waals surface area contributed by atoms with E-state index < -0.39 is 5.60 Å². The Kier molecular flexibility index (Phi) is 4.34. The molecule has 7 heteroatoms. The Balaban J connectivity index is 1.70.